The smallest absolute Gasteiger partial charge is 0.227 e. The van der Waals surface area contributed by atoms with Gasteiger partial charge in [0.1, 0.15) is 0 Å². The van der Waals surface area contributed by atoms with Gasteiger partial charge in [0.2, 0.25) is 11.8 Å². The van der Waals surface area contributed by atoms with Crippen LogP contribution in [0.15, 0.2) is 36.5 Å². The Kier molecular flexibility index (Phi) is 5.31. The van der Waals surface area contributed by atoms with Crippen LogP contribution in [0.25, 0.3) is 10.9 Å². The number of carbonyl (C=O) groups is 2. The SMILES string of the molecule is CC(C)NC(=O)C1CCC(C(=O)Nc2cccc3cccnc23)CC1. The fourth-order valence-electron chi connectivity index (χ4n) is 3.46. The Bertz CT molecular complexity index is 759. The van der Waals surface area contributed by atoms with Crippen LogP contribution in [0.5, 0.6) is 0 Å². The molecule has 1 heterocycles. The number of para-hydroxylation sites is 1. The maximum absolute atomic E-state index is 12.6. The van der Waals surface area contributed by atoms with Crippen LogP contribution in [0.1, 0.15) is 39.5 Å². The number of benzene rings is 1. The van der Waals surface area contributed by atoms with Crippen LogP contribution >= 0.6 is 0 Å². The molecule has 1 aliphatic carbocycles. The van der Waals surface area contributed by atoms with Crippen molar-refractivity contribution in [2.24, 2.45) is 11.8 Å². The number of carbonyl (C=O) groups excluding carboxylic acids is 2. The Morgan fingerprint density at radius 1 is 1.00 bits per heavy atom. The quantitative estimate of drug-likeness (QED) is 0.895. The lowest BCUT2D eigenvalue weighted by atomic mass is 9.81. The highest BCUT2D eigenvalue weighted by molar-refractivity contribution is 6.01. The zero-order chi connectivity index (χ0) is 17.8. The van der Waals surface area contributed by atoms with Crippen molar-refractivity contribution >= 4 is 28.4 Å². The molecule has 0 unspecified atom stereocenters. The first-order valence-corrected chi connectivity index (χ1v) is 8.99. The average molecular weight is 339 g/mol. The maximum atomic E-state index is 12.6. The summed E-state index contributed by atoms with van der Waals surface area (Å²) in [7, 11) is 0. The number of amides is 2. The van der Waals surface area contributed by atoms with Crippen molar-refractivity contribution < 1.29 is 9.59 Å². The van der Waals surface area contributed by atoms with E-state index in [0.29, 0.717) is 0 Å². The molecule has 1 aromatic carbocycles. The molecule has 0 spiro atoms. The van der Waals surface area contributed by atoms with Crippen LogP contribution < -0.4 is 10.6 Å². The zero-order valence-corrected chi connectivity index (χ0v) is 14.8. The summed E-state index contributed by atoms with van der Waals surface area (Å²) in [4.78, 5) is 29.1. The second-order valence-electron chi connectivity index (χ2n) is 7.08. The van der Waals surface area contributed by atoms with E-state index in [4.69, 9.17) is 0 Å². The number of nitrogens with zero attached hydrogens (tertiary/aromatic N) is 1. The van der Waals surface area contributed by atoms with Crippen molar-refractivity contribution in [1.82, 2.24) is 10.3 Å². The number of hydrogen-bond acceptors (Lipinski definition) is 3. The Hall–Kier alpha value is -2.43. The third-order valence-electron chi connectivity index (χ3n) is 4.79. The summed E-state index contributed by atoms with van der Waals surface area (Å²) in [5, 5.41) is 7.01. The van der Waals surface area contributed by atoms with E-state index in [9.17, 15) is 9.59 Å². The second kappa shape index (κ2) is 7.64. The molecule has 2 aromatic rings. The van der Waals surface area contributed by atoms with E-state index in [1.165, 1.54) is 0 Å². The normalized spacial score (nSPS) is 20.4. The van der Waals surface area contributed by atoms with Gasteiger partial charge >= 0.3 is 0 Å². The van der Waals surface area contributed by atoms with Gasteiger partial charge in [-0.1, -0.05) is 18.2 Å². The first kappa shape index (κ1) is 17.4. The predicted molar refractivity (Wildman–Crippen MR) is 99.1 cm³/mol. The van der Waals surface area contributed by atoms with Crippen molar-refractivity contribution in [3.8, 4) is 0 Å². The third kappa shape index (κ3) is 4.16. The summed E-state index contributed by atoms with van der Waals surface area (Å²) >= 11 is 0. The highest BCUT2D eigenvalue weighted by Crippen LogP contribution is 2.30. The van der Waals surface area contributed by atoms with Crippen LogP contribution in [-0.2, 0) is 9.59 Å². The summed E-state index contributed by atoms with van der Waals surface area (Å²) in [5.74, 6) is 0.140. The molecule has 5 nitrogen and oxygen atoms in total. The van der Waals surface area contributed by atoms with Gasteiger partial charge in [-0.2, -0.15) is 0 Å². The standard InChI is InChI=1S/C20H25N3O2/c1-13(2)22-19(24)15-8-10-16(11-9-15)20(25)23-17-7-3-5-14-6-4-12-21-18(14)17/h3-7,12-13,15-16H,8-11H2,1-2H3,(H,22,24)(H,23,25). The molecule has 3 rings (SSSR count). The first-order valence-electron chi connectivity index (χ1n) is 8.99. The zero-order valence-electron chi connectivity index (χ0n) is 14.8. The molecular formula is C20H25N3O2. The van der Waals surface area contributed by atoms with E-state index >= 15 is 0 Å². The second-order valence-corrected chi connectivity index (χ2v) is 7.08. The fourth-order valence-corrected chi connectivity index (χ4v) is 3.46. The van der Waals surface area contributed by atoms with Crippen molar-refractivity contribution in [3.63, 3.8) is 0 Å². The molecule has 1 aliphatic rings. The van der Waals surface area contributed by atoms with Gasteiger partial charge in [0.05, 0.1) is 11.2 Å². The molecule has 0 radical (unpaired) electrons. The molecule has 1 fully saturated rings. The van der Waals surface area contributed by atoms with Crippen LogP contribution in [0.2, 0.25) is 0 Å². The lowest BCUT2D eigenvalue weighted by molar-refractivity contribution is -0.128. The Balaban J connectivity index is 1.60. The molecule has 0 saturated heterocycles. The minimum absolute atomic E-state index is 0.0286. The van der Waals surface area contributed by atoms with Crippen LogP contribution in [-0.4, -0.2) is 22.8 Å². The van der Waals surface area contributed by atoms with E-state index in [2.05, 4.69) is 15.6 Å². The van der Waals surface area contributed by atoms with E-state index in [1.54, 1.807) is 6.20 Å². The predicted octanol–water partition coefficient (Wildman–Crippen LogP) is 3.50. The Morgan fingerprint density at radius 3 is 2.32 bits per heavy atom. The monoisotopic (exact) mass is 339 g/mol. The molecular weight excluding hydrogens is 314 g/mol. The lowest BCUT2D eigenvalue weighted by Gasteiger charge is -2.27. The molecule has 5 heteroatoms. The fraction of sp³-hybridized carbons (Fsp3) is 0.450. The maximum Gasteiger partial charge on any atom is 0.227 e. The number of fused-ring (bicyclic) bond motifs is 1. The van der Waals surface area contributed by atoms with Crippen LogP contribution in [0.3, 0.4) is 0 Å². The number of anilines is 1. The van der Waals surface area contributed by atoms with Gasteiger partial charge in [0, 0.05) is 29.5 Å². The van der Waals surface area contributed by atoms with Crippen LogP contribution in [0, 0.1) is 11.8 Å². The summed E-state index contributed by atoms with van der Waals surface area (Å²) in [5.41, 5.74) is 1.56. The molecule has 25 heavy (non-hydrogen) atoms. The topological polar surface area (TPSA) is 71.1 Å². The summed E-state index contributed by atoms with van der Waals surface area (Å²) < 4.78 is 0. The molecule has 2 amide bonds. The number of pyridine rings is 1. The lowest BCUT2D eigenvalue weighted by Crippen LogP contribution is -2.38. The van der Waals surface area contributed by atoms with Crippen molar-refractivity contribution in [1.29, 1.82) is 0 Å². The first-order chi connectivity index (χ1) is 12.0. The number of hydrogen-bond donors (Lipinski definition) is 2. The molecule has 0 bridgehead atoms. The van der Waals surface area contributed by atoms with Gasteiger partial charge in [-0.05, 0) is 51.7 Å². The summed E-state index contributed by atoms with van der Waals surface area (Å²) in [6.07, 6.45) is 4.77. The van der Waals surface area contributed by atoms with Gasteiger partial charge in [-0.3, -0.25) is 14.6 Å². The van der Waals surface area contributed by atoms with Gasteiger partial charge in [0.25, 0.3) is 0 Å². The van der Waals surface area contributed by atoms with Crippen molar-refractivity contribution in [2.45, 2.75) is 45.6 Å². The summed E-state index contributed by atoms with van der Waals surface area (Å²) in [6, 6.07) is 9.82. The average Bonchev–Trinajstić information content (AvgIpc) is 2.61. The van der Waals surface area contributed by atoms with Gasteiger partial charge in [-0.25, -0.2) is 0 Å². The van der Waals surface area contributed by atoms with Gasteiger partial charge < -0.3 is 10.6 Å². The van der Waals surface area contributed by atoms with E-state index < -0.39 is 0 Å². The minimum atomic E-state index is -0.0398. The molecule has 2 N–H and O–H groups in total. The van der Waals surface area contributed by atoms with E-state index in [0.717, 1.165) is 42.3 Å². The minimum Gasteiger partial charge on any atom is -0.354 e. The van der Waals surface area contributed by atoms with Crippen LogP contribution in [0.4, 0.5) is 5.69 Å². The van der Waals surface area contributed by atoms with Gasteiger partial charge in [-0.15, -0.1) is 0 Å². The number of nitrogens with one attached hydrogen (secondary N) is 2. The molecule has 1 aromatic heterocycles. The summed E-state index contributed by atoms with van der Waals surface area (Å²) in [6.45, 7) is 3.93. The van der Waals surface area contributed by atoms with Crippen molar-refractivity contribution in [3.05, 3.63) is 36.5 Å². The Morgan fingerprint density at radius 2 is 1.64 bits per heavy atom. The molecule has 1 saturated carbocycles. The third-order valence-corrected chi connectivity index (χ3v) is 4.79. The van der Waals surface area contributed by atoms with E-state index in [-0.39, 0.29) is 29.7 Å². The largest absolute Gasteiger partial charge is 0.354 e. The number of aromatic nitrogens is 1. The van der Waals surface area contributed by atoms with Crippen molar-refractivity contribution in [2.75, 3.05) is 5.32 Å². The van der Waals surface area contributed by atoms with Gasteiger partial charge in [0.15, 0.2) is 0 Å². The molecule has 0 aliphatic heterocycles. The highest BCUT2D eigenvalue weighted by Gasteiger charge is 2.30. The number of rotatable bonds is 4. The molecule has 132 valence electrons. The van der Waals surface area contributed by atoms with E-state index in [1.807, 2.05) is 44.2 Å². The highest BCUT2D eigenvalue weighted by atomic mass is 16.2. The molecule has 0 atom stereocenters. The Labute approximate surface area is 148 Å².